The third kappa shape index (κ3) is 2.24. The van der Waals surface area contributed by atoms with Crippen LogP contribution in [0.5, 0.6) is 5.75 Å². The summed E-state index contributed by atoms with van der Waals surface area (Å²) in [4.78, 5) is 0. The van der Waals surface area contributed by atoms with Crippen molar-refractivity contribution in [1.29, 1.82) is 0 Å². The summed E-state index contributed by atoms with van der Waals surface area (Å²) in [6.07, 6.45) is 1.14. The van der Waals surface area contributed by atoms with Gasteiger partial charge in [0.1, 0.15) is 11.9 Å². The zero-order valence-corrected chi connectivity index (χ0v) is 10.1. The van der Waals surface area contributed by atoms with Crippen LogP contribution < -0.4 is 4.74 Å². The quantitative estimate of drug-likeness (QED) is 0.874. The predicted molar refractivity (Wildman–Crippen MR) is 70.6 cm³/mol. The highest BCUT2D eigenvalue weighted by Crippen LogP contribution is 2.35. The molecule has 0 amide bonds. The molecule has 1 N–H and O–H groups in total. The second-order valence-electron chi connectivity index (χ2n) is 4.72. The SMILES string of the molecule is O[C@@H]1CC(Cc2ccccc2)Oc2ccccc21. The number of hydrogen-bond donors (Lipinski definition) is 1. The number of para-hydroxylation sites is 1. The molecule has 3 rings (SSSR count). The largest absolute Gasteiger partial charge is 0.490 e. The molecule has 18 heavy (non-hydrogen) atoms. The fourth-order valence-electron chi connectivity index (χ4n) is 2.47. The molecule has 0 spiro atoms. The number of aliphatic hydroxyl groups is 1. The van der Waals surface area contributed by atoms with E-state index in [1.807, 2.05) is 42.5 Å². The van der Waals surface area contributed by atoms with E-state index in [1.54, 1.807) is 0 Å². The second kappa shape index (κ2) is 4.83. The first-order valence-corrected chi connectivity index (χ1v) is 6.30. The minimum atomic E-state index is -0.413. The minimum Gasteiger partial charge on any atom is -0.490 e. The van der Waals surface area contributed by atoms with Crippen molar-refractivity contribution in [3.8, 4) is 5.75 Å². The van der Waals surface area contributed by atoms with Crippen LogP contribution in [-0.2, 0) is 6.42 Å². The summed E-state index contributed by atoms with van der Waals surface area (Å²) in [6, 6.07) is 18.0. The third-order valence-electron chi connectivity index (χ3n) is 3.36. The zero-order chi connectivity index (χ0) is 12.4. The summed E-state index contributed by atoms with van der Waals surface area (Å²) in [5.74, 6) is 0.817. The van der Waals surface area contributed by atoms with Crippen molar-refractivity contribution in [2.75, 3.05) is 0 Å². The Hall–Kier alpha value is -1.80. The molecule has 2 heteroatoms. The van der Waals surface area contributed by atoms with Crippen LogP contribution in [0.4, 0.5) is 0 Å². The van der Waals surface area contributed by atoms with E-state index in [-0.39, 0.29) is 6.10 Å². The Labute approximate surface area is 107 Å². The Balaban J connectivity index is 1.78. The normalized spacial score (nSPS) is 22.1. The van der Waals surface area contributed by atoms with Crippen LogP contribution in [0.3, 0.4) is 0 Å². The second-order valence-corrected chi connectivity index (χ2v) is 4.72. The third-order valence-corrected chi connectivity index (χ3v) is 3.36. The van der Waals surface area contributed by atoms with Gasteiger partial charge in [-0.25, -0.2) is 0 Å². The van der Waals surface area contributed by atoms with E-state index in [4.69, 9.17) is 4.74 Å². The number of rotatable bonds is 2. The van der Waals surface area contributed by atoms with Crippen LogP contribution in [0.25, 0.3) is 0 Å². The number of benzene rings is 2. The fourth-order valence-corrected chi connectivity index (χ4v) is 2.47. The van der Waals surface area contributed by atoms with Gasteiger partial charge >= 0.3 is 0 Å². The summed E-state index contributed by atoms with van der Waals surface area (Å²) in [5.41, 5.74) is 2.15. The van der Waals surface area contributed by atoms with Gasteiger partial charge in [0.05, 0.1) is 6.10 Å². The van der Waals surface area contributed by atoms with Crippen molar-refractivity contribution < 1.29 is 9.84 Å². The van der Waals surface area contributed by atoms with Crippen LogP contribution in [0.15, 0.2) is 54.6 Å². The Morgan fingerprint density at radius 3 is 2.56 bits per heavy atom. The summed E-state index contributed by atoms with van der Waals surface area (Å²) in [7, 11) is 0. The average molecular weight is 240 g/mol. The van der Waals surface area contributed by atoms with Gasteiger partial charge in [0.15, 0.2) is 0 Å². The van der Waals surface area contributed by atoms with Crippen molar-refractivity contribution in [2.45, 2.75) is 25.0 Å². The van der Waals surface area contributed by atoms with Gasteiger partial charge in [-0.1, -0.05) is 48.5 Å². The lowest BCUT2D eigenvalue weighted by Gasteiger charge is -2.29. The van der Waals surface area contributed by atoms with E-state index in [9.17, 15) is 5.11 Å². The van der Waals surface area contributed by atoms with Crippen molar-refractivity contribution in [1.82, 2.24) is 0 Å². The molecule has 1 heterocycles. The van der Waals surface area contributed by atoms with Gasteiger partial charge in [-0.3, -0.25) is 0 Å². The van der Waals surface area contributed by atoms with Gasteiger partial charge in [0, 0.05) is 18.4 Å². The highest BCUT2D eigenvalue weighted by Gasteiger charge is 2.26. The summed E-state index contributed by atoms with van der Waals surface area (Å²) < 4.78 is 5.95. The first kappa shape index (κ1) is 11.3. The Morgan fingerprint density at radius 2 is 1.72 bits per heavy atom. The molecule has 92 valence electrons. The highest BCUT2D eigenvalue weighted by atomic mass is 16.5. The molecule has 0 saturated carbocycles. The number of ether oxygens (including phenoxy) is 1. The van der Waals surface area contributed by atoms with Crippen LogP contribution in [-0.4, -0.2) is 11.2 Å². The van der Waals surface area contributed by atoms with Crippen LogP contribution >= 0.6 is 0 Å². The van der Waals surface area contributed by atoms with E-state index in [2.05, 4.69) is 12.1 Å². The van der Waals surface area contributed by atoms with Gasteiger partial charge in [-0.05, 0) is 11.6 Å². The van der Waals surface area contributed by atoms with E-state index < -0.39 is 6.10 Å². The van der Waals surface area contributed by atoms with Crippen LogP contribution in [0.1, 0.15) is 23.7 Å². The molecule has 0 saturated heterocycles. The lowest BCUT2D eigenvalue weighted by atomic mass is 9.95. The molecular weight excluding hydrogens is 224 g/mol. The predicted octanol–water partition coefficient (Wildman–Crippen LogP) is 3.11. The maximum absolute atomic E-state index is 10.1. The first-order valence-electron chi connectivity index (χ1n) is 6.30. The summed E-state index contributed by atoms with van der Waals surface area (Å²) in [6.45, 7) is 0. The molecule has 1 aliphatic heterocycles. The molecular formula is C16H16O2. The highest BCUT2D eigenvalue weighted by molar-refractivity contribution is 5.37. The van der Waals surface area contributed by atoms with Crippen molar-refractivity contribution in [2.24, 2.45) is 0 Å². The Bertz CT molecular complexity index is 522. The molecule has 0 fully saturated rings. The maximum Gasteiger partial charge on any atom is 0.125 e. The zero-order valence-electron chi connectivity index (χ0n) is 10.1. The minimum absolute atomic E-state index is 0.0531. The van der Waals surface area contributed by atoms with Gasteiger partial charge in [-0.15, -0.1) is 0 Å². The molecule has 2 nitrogen and oxygen atoms in total. The van der Waals surface area contributed by atoms with E-state index in [0.717, 1.165) is 17.7 Å². The standard InChI is InChI=1S/C16H16O2/c17-15-11-13(10-12-6-2-1-3-7-12)18-16-9-5-4-8-14(15)16/h1-9,13,15,17H,10-11H2/t13?,15-/m1/s1. The Morgan fingerprint density at radius 1 is 1.00 bits per heavy atom. The monoisotopic (exact) mass is 240 g/mol. The maximum atomic E-state index is 10.1. The topological polar surface area (TPSA) is 29.5 Å². The first-order chi connectivity index (χ1) is 8.83. The van der Waals surface area contributed by atoms with Gasteiger partial charge in [0.2, 0.25) is 0 Å². The number of fused-ring (bicyclic) bond motifs is 1. The molecule has 1 unspecified atom stereocenters. The molecule has 0 radical (unpaired) electrons. The van der Waals surface area contributed by atoms with Crippen molar-refractivity contribution in [3.05, 3.63) is 65.7 Å². The number of aliphatic hydroxyl groups excluding tert-OH is 1. The molecule has 1 aliphatic rings. The van der Waals surface area contributed by atoms with Crippen LogP contribution in [0, 0.1) is 0 Å². The molecule has 2 aromatic carbocycles. The summed E-state index contributed by atoms with van der Waals surface area (Å²) >= 11 is 0. The molecule has 0 aromatic heterocycles. The molecule has 0 bridgehead atoms. The molecule has 0 aliphatic carbocycles. The van der Waals surface area contributed by atoms with Crippen molar-refractivity contribution >= 4 is 0 Å². The van der Waals surface area contributed by atoms with E-state index in [1.165, 1.54) is 5.56 Å². The number of hydrogen-bond acceptors (Lipinski definition) is 2. The summed E-state index contributed by atoms with van der Waals surface area (Å²) in [5, 5.41) is 10.1. The average Bonchev–Trinajstić information content (AvgIpc) is 2.40. The Kier molecular flexibility index (Phi) is 3.03. The molecule has 2 atom stereocenters. The van der Waals surface area contributed by atoms with Crippen LogP contribution in [0.2, 0.25) is 0 Å². The lowest BCUT2D eigenvalue weighted by molar-refractivity contribution is 0.0663. The van der Waals surface area contributed by atoms with Crippen molar-refractivity contribution in [3.63, 3.8) is 0 Å². The fraction of sp³-hybridized carbons (Fsp3) is 0.250. The lowest BCUT2D eigenvalue weighted by Crippen LogP contribution is -2.27. The molecule has 2 aromatic rings. The van der Waals surface area contributed by atoms with Gasteiger partial charge in [0.25, 0.3) is 0 Å². The van der Waals surface area contributed by atoms with Gasteiger partial charge in [-0.2, -0.15) is 0 Å². The smallest absolute Gasteiger partial charge is 0.125 e. The van der Waals surface area contributed by atoms with E-state index >= 15 is 0 Å². The van der Waals surface area contributed by atoms with Gasteiger partial charge < -0.3 is 9.84 Å². The van der Waals surface area contributed by atoms with E-state index in [0.29, 0.717) is 6.42 Å².